The summed E-state index contributed by atoms with van der Waals surface area (Å²) < 4.78 is 4.38. The fraction of sp³-hybridized carbons (Fsp3) is 0.300. The first-order valence-electron chi connectivity index (χ1n) is 3.95. The van der Waals surface area contributed by atoms with Crippen molar-refractivity contribution in [2.45, 2.75) is 20.8 Å². The molecule has 0 fully saturated rings. The second-order valence-corrected chi connectivity index (χ2v) is 2.90. The average Bonchev–Trinajstić information content (AvgIpc) is 2.02. The van der Waals surface area contributed by atoms with Gasteiger partial charge in [-0.25, -0.2) is 9.59 Å². The van der Waals surface area contributed by atoms with E-state index in [0.29, 0.717) is 0 Å². The van der Waals surface area contributed by atoms with Gasteiger partial charge >= 0.3 is 11.9 Å². The van der Waals surface area contributed by atoms with Crippen LogP contribution in [0.5, 0.6) is 0 Å². The number of carbonyl (C=O) groups excluding carboxylic acids is 3. The summed E-state index contributed by atoms with van der Waals surface area (Å²) in [5.41, 5.74) is 0.223. The summed E-state index contributed by atoms with van der Waals surface area (Å²) in [4.78, 5) is 32.6. The Morgan fingerprint density at radius 2 is 1.57 bits per heavy atom. The van der Waals surface area contributed by atoms with Crippen LogP contribution in [-0.4, -0.2) is 17.7 Å². The van der Waals surface area contributed by atoms with Gasteiger partial charge in [0, 0.05) is 11.1 Å². The first-order valence-corrected chi connectivity index (χ1v) is 3.95. The van der Waals surface area contributed by atoms with E-state index >= 15 is 0 Å². The van der Waals surface area contributed by atoms with E-state index in [-0.39, 0.29) is 16.9 Å². The number of ketones is 1. The van der Waals surface area contributed by atoms with Gasteiger partial charge < -0.3 is 4.74 Å². The third-order valence-electron chi connectivity index (χ3n) is 1.28. The molecule has 0 rings (SSSR count). The van der Waals surface area contributed by atoms with E-state index in [0.717, 1.165) is 6.08 Å². The summed E-state index contributed by atoms with van der Waals surface area (Å²) in [7, 11) is 0. The molecule has 4 heteroatoms. The smallest absolute Gasteiger partial charge is 0.341 e. The van der Waals surface area contributed by atoms with Crippen LogP contribution < -0.4 is 0 Å². The quantitative estimate of drug-likeness (QED) is 0.386. The molecule has 0 aromatic rings. The minimum absolute atomic E-state index is 0.0899. The highest BCUT2D eigenvalue weighted by atomic mass is 16.6. The maximum absolute atomic E-state index is 11.1. The molecule has 0 radical (unpaired) electrons. The van der Waals surface area contributed by atoms with E-state index in [9.17, 15) is 14.4 Å². The normalized spacial score (nSPS) is 10.6. The van der Waals surface area contributed by atoms with Crippen LogP contribution in [0.4, 0.5) is 0 Å². The van der Waals surface area contributed by atoms with Gasteiger partial charge in [0.2, 0.25) is 0 Å². The van der Waals surface area contributed by atoms with Gasteiger partial charge in [0.05, 0.1) is 0 Å². The Kier molecular flexibility index (Phi) is 4.49. The molecule has 0 N–H and O–H groups in total. The van der Waals surface area contributed by atoms with Crippen molar-refractivity contribution in [2.75, 3.05) is 0 Å². The largest absolute Gasteiger partial charge is 0.386 e. The maximum atomic E-state index is 11.1. The lowest BCUT2D eigenvalue weighted by atomic mass is 10.2. The predicted molar refractivity (Wildman–Crippen MR) is 50.4 cm³/mol. The van der Waals surface area contributed by atoms with Gasteiger partial charge in [-0.1, -0.05) is 6.58 Å². The molecule has 0 bridgehead atoms. The third-order valence-corrected chi connectivity index (χ3v) is 1.28. The Morgan fingerprint density at radius 3 is 1.93 bits per heavy atom. The summed E-state index contributed by atoms with van der Waals surface area (Å²) in [6.07, 6.45) is 1.11. The Bertz CT molecular complexity index is 323. The summed E-state index contributed by atoms with van der Waals surface area (Å²) in [5, 5.41) is 0. The van der Waals surface area contributed by atoms with Gasteiger partial charge in [0.15, 0.2) is 5.78 Å². The number of carbonyl (C=O) groups is 3. The molecular formula is C10H12O4. The van der Waals surface area contributed by atoms with Crippen molar-refractivity contribution in [3.63, 3.8) is 0 Å². The minimum atomic E-state index is -0.826. The standard InChI is InChI=1S/C10H12O4/c1-6(2)9(12)14-10(13)7(3)5-8(4)11/h5H,1H2,2-4H3. The van der Waals surface area contributed by atoms with Crippen LogP contribution in [0, 0.1) is 0 Å². The van der Waals surface area contributed by atoms with Gasteiger partial charge in [-0.05, 0) is 26.8 Å². The number of ether oxygens (including phenoxy) is 1. The third kappa shape index (κ3) is 4.35. The van der Waals surface area contributed by atoms with Crippen molar-refractivity contribution in [2.24, 2.45) is 0 Å². The lowest BCUT2D eigenvalue weighted by molar-refractivity contribution is -0.154. The lowest BCUT2D eigenvalue weighted by Crippen LogP contribution is -2.14. The average molecular weight is 196 g/mol. The second-order valence-electron chi connectivity index (χ2n) is 2.90. The van der Waals surface area contributed by atoms with E-state index in [1.807, 2.05) is 0 Å². The van der Waals surface area contributed by atoms with E-state index in [2.05, 4.69) is 11.3 Å². The zero-order valence-electron chi connectivity index (χ0n) is 8.42. The second kappa shape index (κ2) is 5.11. The molecule has 0 amide bonds. The number of hydrogen-bond donors (Lipinski definition) is 0. The first kappa shape index (κ1) is 12.3. The number of rotatable bonds is 3. The molecule has 0 unspecified atom stereocenters. The van der Waals surface area contributed by atoms with Crippen LogP contribution in [0.15, 0.2) is 23.8 Å². The highest BCUT2D eigenvalue weighted by Crippen LogP contribution is 2.00. The van der Waals surface area contributed by atoms with Crippen molar-refractivity contribution >= 4 is 17.7 Å². The van der Waals surface area contributed by atoms with Crippen LogP contribution in [0.2, 0.25) is 0 Å². The van der Waals surface area contributed by atoms with Crippen LogP contribution in [0.1, 0.15) is 20.8 Å². The highest BCUT2D eigenvalue weighted by molar-refractivity contribution is 6.04. The van der Waals surface area contributed by atoms with Crippen LogP contribution >= 0.6 is 0 Å². The number of allylic oxidation sites excluding steroid dienone is 1. The topological polar surface area (TPSA) is 60.4 Å². The molecular weight excluding hydrogens is 184 g/mol. The number of esters is 2. The van der Waals surface area contributed by atoms with Crippen molar-refractivity contribution in [1.82, 2.24) is 0 Å². The summed E-state index contributed by atoms with van der Waals surface area (Å²) in [6.45, 7) is 7.45. The first-order chi connectivity index (χ1) is 6.34. The molecule has 76 valence electrons. The molecule has 0 aliphatic rings. The zero-order chi connectivity index (χ0) is 11.3. The molecule has 0 aliphatic heterocycles. The van der Waals surface area contributed by atoms with Gasteiger partial charge in [-0.3, -0.25) is 4.79 Å². The summed E-state index contributed by atoms with van der Waals surface area (Å²) >= 11 is 0. The molecule has 0 spiro atoms. The fourth-order valence-corrected chi connectivity index (χ4v) is 0.616. The lowest BCUT2D eigenvalue weighted by Gasteiger charge is -2.01. The Balaban J connectivity index is 4.44. The van der Waals surface area contributed by atoms with E-state index in [1.54, 1.807) is 0 Å². The molecule has 14 heavy (non-hydrogen) atoms. The summed E-state index contributed by atoms with van der Waals surface area (Å²) in [6, 6.07) is 0. The molecule has 0 atom stereocenters. The number of hydrogen-bond acceptors (Lipinski definition) is 4. The van der Waals surface area contributed by atoms with Crippen LogP contribution in [0.3, 0.4) is 0 Å². The van der Waals surface area contributed by atoms with E-state index in [1.165, 1.54) is 20.8 Å². The monoisotopic (exact) mass is 196 g/mol. The van der Waals surface area contributed by atoms with Crippen LogP contribution in [-0.2, 0) is 19.1 Å². The molecule has 0 saturated carbocycles. The van der Waals surface area contributed by atoms with E-state index < -0.39 is 11.9 Å². The van der Waals surface area contributed by atoms with Gasteiger partial charge in [0.25, 0.3) is 0 Å². The highest BCUT2D eigenvalue weighted by Gasteiger charge is 2.12. The molecule has 0 aliphatic carbocycles. The van der Waals surface area contributed by atoms with Crippen LogP contribution in [0.25, 0.3) is 0 Å². The Morgan fingerprint density at radius 1 is 1.07 bits per heavy atom. The minimum Gasteiger partial charge on any atom is -0.386 e. The fourth-order valence-electron chi connectivity index (χ4n) is 0.616. The van der Waals surface area contributed by atoms with Gasteiger partial charge in [0.1, 0.15) is 0 Å². The Labute approximate surface area is 82.2 Å². The zero-order valence-corrected chi connectivity index (χ0v) is 8.42. The SMILES string of the molecule is C=C(C)C(=O)OC(=O)C(C)=CC(C)=O. The van der Waals surface area contributed by atoms with Crippen molar-refractivity contribution in [3.8, 4) is 0 Å². The van der Waals surface area contributed by atoms with Gasteiger partial charge in [-0.2, -0.15) is 0 Å². The van der Waals surface area contributed by atoms with Crippen molar-refractivity contribution in [1.29, 1.82) is 0 Å². The van der Waals surface area contributed by atoms with Crippen molar-refractivity contribution in [3.05, 3.63) is 23.8 Å². The van der Waals surface area contributed by atoms with Gasteiger partial charge in [-0.15, -0.1) is 0 Å². The molecule has 4 nitrogen and oxygen atoms in total. The van der Waals surface area contributed by atoms with Crippen molar-refractivity contribution < 1.29 is 19.1 Å². The maximum Gasteiger partial charge on any atom is 0.341 e. The molecule has 0 aromatic carbocycles. The predicted octanol–water partition coefficient (Wildman–Crippen LogP) is 1.17. The summed E-state index contributed by atoms with van der Waals surface area (Å²) in [5.74, 6) is -1.89. The Hall–Kier alpha value is -1.71. The molecule has 0 heterocycles. The molecule has 0 saturated heterocycles. The molecule has 0 aromatic heterocycles. The van der Waals surface area contributed by atoms with E-state index in [4.69, 9.17) is 0 Å².